The number of rotatable bonds is 6. The van der Waals surface area contributed by atoms with E-state index in [0.29, 0.717) is 5.82 Å². The Balaban J connectivity index is 1.24. The topological polar surface area (TPSA) is 51.6 Å². The fourth-order valence-corrected chi connectivity index (χ4v) is 6.95. The third-order valence-corrected chi connectivity index (χ3v) is 9.24. The van der Waals surface area contributed by atoms with Crippen LogP contribution in [0.2, 0.25) is 0 Å². The largest absolute Gasteiger partial charge is 0.264 e. The Bertz CT molecular complexity index is 2580. The first-order valence-electron chi connectivity index (χ1n) is 16.7. The minimum absolute atomic E-state index is 0.630. The molecule has 0 aliphatic heterocycles. The van der Waals surface area contributed by atoms with Crippen LogP contribution in [-0.4, -0.2) is 19.9 Å². The molecule has 6 aromatic carbocycles. The highest BCUT2D eigenvalue weighted by atomic mass is 14.9. The molecule has 4 nitrogen and oxygen atoms in total. The monoisotopic (exact) mass is 638 g/mol. The third-order valence-electron chi connectivity index (χ3n) is 9.24. The van der Waals surface area contributed by atoms with Gasteiger partial charge in [0.1, 0.15) is 0 Å². The summed E-state index contributed by atoms with van der Waals surface area (Å²) in [6.07, 6.45) is 7.27. The van der Waals surface area contributed by atoms with Gasteiger partial charge in [-0.15, -0.1) is 0 Å². The molecular formula is C46H30N4. The molecule has 0 spiro atoms. The van der Waals surface area contributed by atoms with E-state index < -0.39 is 0 Å². The molecule has 3 heterocycles. The molecule has 0 fully saturated rings. The number of hydrogen-bond donors (Lipinski definition) is 0. The molecule has 0 N–H and O–H groups in total. The Morgan fingerprint density at radius 3 is 1.30 bits per heavy atom. The van der Waals surface area contributed by atoms with Crippen molar-refractivity contribution in [3.63, 3.8) is 0 Å². The number of pyridine rings is 2. The summed E-state index contributed by atoms with van der Waals surface area (Å²) in [7, 11) is 0. The molecule has 4 heteroatoms. The van der Waals surface area contributed by atoms with Gasteiger partial charge in [0.15, 0.2) is 5.82 Å². The van der Waals surface area contributed by atoms with Crippen LogP contribution in [0, 0.1) is 0 Å². The second-order valence-electron chi connectivity index (χ2n) is 12.3. The van der Waals surface area contributed by atoms with E-state index in [1.807, 2.05) is 30.6 Å². The van der Waals surface area contributed by atoms with Crippen LogP contribution >= 0.6 is 0 Å². The van der Waals surface area contributed by atoms with Gasteiger partial charge < -0.3 is 0 Å². The van der Waals surface area contributed by atoms with Gasteiger partial charge in [0.05, 0.1) is 11.4 Å². The van der Waals surface area contributed by atoms with Gasteiger partial charge in [-0.3, -0.25) is 9.97 Å². The second kappa shape index (κ2) is 12.7. The Morgan fingerprint density at radius 2 is 0.740 bits per heavy atom. The fourth-order valence-electron chi connectivity index (χ4n) is 6.95. The maximum Gasteiger partial charge on any atom is 0.161 e. The average Bonchev–Trinajstić information content (AvgIpc) is 3.21. The van der Waals surface area contributed by atoms with E-state index in [4.69, 9.17) is 9.97 Å². The zero-order chi connectivity index (χ0) is 33.3. The summed E-state index contributed by atoms with van der Waals surface area (Å²) in [5.41, 5.74) is 11.5. The lowest BCUT2D eigenvalue weighted by Gasteiger charge is -2.18. The Morgan fingerprint density at radius 1 is 0.300 bits per heavy atom. The van der Waals surface area contributed by atoms with Gasteiger partial charge in [0.25, 0.3) is 0 Å². The minimum Gasteiger partial charge on any atom is -0.264 e. The summed E-state index contributed by atoms with van der Waals surface area (Å²) >= 11 is 0. The summed E-state index contributed by atoms with van der Waals surface area (Å²) in [6, 6.07) is 55.4. The highest BCUT2D eigenvalue weighted by molar-refractivity contribution is 6.21. The zero-order valence-corrected chi connectivity index (χ0v) is 27.1. The van der Waals surface area contributed by atoms with Crippen molar-refractivity contribution in [1.29, 1.82) is 0 Å². The van der Waals surface area contributed by atoms with E-state index in [0.717, 1.165) is 44.8 Å². The predicted molar refractivity (Wildman–Crippen MR) is 205 cm³/mol. The summed E-state index contributed by atoms with van der Waals surface area (Å²) in [6.45, 7) is 0. The van der Waals surface area contributed by atoms with Gasteiger partial charge in [0.2, 0.25) is 0 Å². The molecule has 0 bridgehead atoms. The molecule has 234 valence electrons. The van der Waals surface area contributed by atoms with Crippen LogP contribution in [0.4, 0.5) is 0 Å². The van der Waals surface area contributed by atoms with Crippen LogP contribution in [0.3, 0.4) is 0 Å². The first-order valence-corrected chi connectivity index (χ1v) is 16.7. The fraction of sp³-hybridized carbons (Fsp3) is 0. The van der Waals surface area contributed by atoms with Crippen LogP contribution < -0.4 is 0 Å². The molecule has 3 aromatic heterocycles. The SMILES string of the molecule is c1ccc(-c2c3ccccc3c(-c3cccc(-c4cc(-c5cccc(-c6cccnc6)c5)nc(-c5cccnc5)n4)c3)c3ccccc23)cc1. The number of hydrogen-bond acceptors (Lipinski definition) is 4. The lowest BCUT2D eigenvalue weighted by atomic mass is 9.85. The number of fused-ring (bicyclic) bond motifs is 2. The number of benzene rings is 6. The molecule has 0 radical (unpaired) electrons. The van der Waals surface area contributed by atoms with Crippen LogP contribution in [0.15, 0.2) is 183 Å². The van der Waals surface area contributed by atoms with Gasteiger partial charge in [-0.2, -0.15) is 0 Å². The van der Waals surface area contributed by atoms with E-state index in [1.165, 1.54) is 38.2 Å². The van der Waals surface area contributed by atoms with Crippen LogP contribution in [0.1, 0.15) is 0 Å². The molecule has 0 aliphatic carbocycles. The summed E-state index contributed by atoms with van der Waals surface area (Å²) in [5.74, 6) is 0.630. The van der Waals surface area contributed by atoms with Crippen molar-refractivity contribution in [3.8, 4) is 67.3 Å². The smallest absolute Gasteiger partial charge is 0.161 e. The van der Waals surface area contributed by atoms with Gasteiger partial charge in [-0.1, -0.05) is 121 Å². The molecule has 0 atom stereocenters. The molecule has 0 saturated heterocycles. The van der Waals surface area contributed by atoms with Crippen LogP contribution in [0.5, 0.6) is 0 Å². The van der Waals surface area contributed by atoms with E-state index in [2.05, 4.69) is 149 Å². The molecule has 9 rings (SSSR count). The first kappa shape index (κ1) is 29.4. The van der Waals surface area contributed by atoms with E-state index in [9.17, 15) is 0 Å². The highest BCUT2D eigenvalue weighted by Gasteiger charge is 2.18. The van der Waals surface area contributed by atoms with Crippen molar-refractivity contribution in [1.82, 2.24) is 19.9 Å². The van der Waals surface area contributed by atoms with Gasteiger partial charge in [-0.25, -0.2) is 9.97 Å². The standard InChI is InChI=1S/C46H30N4/c1-2-12-31(13-3-1)44-38-20-4-6-22-40(38)45(41-23-7-5-21-39(41)44)35-17-9-16-34(27-35)43-28-42(49-46(50-43)37-19-11-25-48-30-37)33-15-8-14-32(26-33)36-18-10-24-47-29-36/h1-30H. The van der Waals surface area contributed by atoms with Crippen molar-refractivity contribution < 1.29 is 0 Å². The second-order valence-corrected chi connectivity index (χ2v) is 12.3. The lowest BCUT2D eigenvalue weighted by Crippen LogP contribution is -1.97. The van der Waals surface area contributed by atoms with Crippen molar-refractivity contribution >= 4 is 21.5 Å². The van der Waals surface area contributed by atoms with Crippen molar-refractivity contribution in [3.05, 3.63) is 183 Å². The molecule has 0 saturated carbocycles. The molecule has 0 amide bonds. The quantitative estimate of drug-likeness (QED) is 0.170. The summed E-state index contributed by atoms with van der Waals surface area (Å²) in [4.78, 5) is 18.9. The molecule has 9 aromatic rings. The maximum absolute atomic E-state index is 5.13. The molecule has 50 heavy (non-hydrogen) atoms. The Kier molecular flexibility index (Phi) is 7.45. The normalized spacial score (nSPS) is 11.2. The molecular weight excluding hydrogens is 609 g/mol. The zero-order valence-electron chi connectivity index (χ0n) is 27.1. The van der Waals surface area contributed by atoms with E-state index >= 15 is 0 Å². The van der Waals surface area contributed by atoms with E-state index in [1.54, 1.807) is 12.4 Å². The minimum atomic E-state index is 0.630. The van der Waals surface area contributed by atoms with Crippen LogP contribution in [-0.2, 0) is 0 Å². The average molecular weight is 639 g/mol. The lowest BCUT2D eigenvalue weighted by molar-refractivity contribution is 1.17. The van der Waals surface area contributed by atoms with Gasteiger partial charge in [0, 0.05) is 47.0 Å². The van der Waals surface area contributed by atoms with E-state index in [-0.39, 0.29) is 0 Å². The Hall–Kier alpha value is -6.78. The van der Waals surface area contributed by atoms with Crippen LogP contribution in [0.25, 0.3) is 88.8 Å². The summed E-state index contributed by atoms with van der Waals surface area (Å²) < 4.78 is 0. The van der Waals surface area contributed by atoms with Crippen molar-refractivity contribution in [2.45, 2.75) is 0 Å². The highest BCUT2D eigenvalue weighted by Crippen LogP contribution is 2.44. The van der Waals surface area contributed by atoms with Crippen molar-refractivity contribution in [2.24, 2.45) is 0 Å². The van der Waals surface area contributed by atoms with Gasteiger partial charge >= 0.3 is 0 Å². The number of aromatic nitrogens is 4. The predicted octanol–water partition coefficient (Wildman–Crippen LogP) is 11.6. The number of nitrogens with zero attached hydrogens (tertiary/aromatic N) is 4. The van der Waals surface area contributed by atoms with Gasteiger partial charge in [-0.05, 0) is 85.8 Å². The Labute approximate surface area is 290 Å². The maximum atomic E-state index is 5.13. The van der Waals surface area contributed by atoms with Crippen molar-refractivity contribution in [2.75, 3.05) is 0 Å². The third kappa shape index (κ3) is 5.39. The summed E-state index contributed by atoms with van der Waals surface area (Å²) in [5, 5.41) is 4.90. The molecule has 0 unspecified atom stereocenters. The molecule has 0 aliphatic rings. The first-order chi connectivity index (χ1) is 24.8.